The molecule has 77 heavy (non-hydrogen) atoms. The van der Waals surface area contributed by atoms with Gasteiger partial charge in [0.2, 0.25) is 0 Å². The predicted molar refractivity (Wildman–Crippen MR) is 293 cm³/mol. The first-order chi connectivity index (χ1) is 36.9. The lowest BCUT2D eigenvalue weighted by molar-refractivity contribution is -0.751. The molecule has 11 rings (SSSR count). The fraction of sp³-hybridized carbons (Fsp3) is 0.517. The number of carbonyl (C=O) groups is 1. The third kappa shape index (κ3) is 11.3. The van der Waals surface area contributed by atoms with Crippen LogP contribution in [0, 0.1) is 16.5 Å². The van der Waals surface area contributed by atoms with Crippen molar-refractivity contribution >= 4 is 38.9 Å². The van der Waals surface area contributed by atoms with Gasteiger partial charge in [-0.3, -0.25) is 19.3 Å². The molecule has 2 unspecified atom stereocenters. The van der Waals surface area contributed by atoms with E-state index in [1.54, 1.807) is 12.1 Å². The van der Waals surface area contributed by atoms with Gasteiger partial charge in [-0.15, -0.1) is 0 Å². The number of aliphatic hydroxyl groups is 1. The number of aromatic nitrogens is 4. The van der Waals surface area contributed by atoms with E-state index >= 15 is 4.39 Å². The maximum atomic E-state index is 15.0. The van der Waals surface area contributed by atoms with Crippen LogP contribution in [0.25, 0.3) is 5.83 Å². The summed E-state index contributed by atoms with van der Waals surface area (Å²) in [7, 11) is -1.83. The Morgan fingerprint density at radius 3 is 2.47 bits per heavy atom. The van der Waals surface area contributed by atoms with Gasteiger partial charge in [-0.25, -0.2) is 27.5 Å². The number of nitrogens with one attached hydrogen (secondary N) is 3. The van der Waals surface area contributed by atoms with Crippen molar-refractivity contribution in [2.75, 3.05) is 63.6 Å². The minimum atomic E-state index is -4.58. The number of nitrogens with zero attached hydrogens (tertiary/aromatic N) is 7. The smallest absolute Gasteiger partial charge is 0.268 e. The number of hydrogen-bond donors (Lipinski definition) is 4. The third-order valence-electron chi connectivity index (χ3n) is 17.4. The van der Waals surface area contributed by atoms with Gasteiger partial charge in [0, 0.05) is 99.5 Å². The fourth-order valence-electron chi connectivity index (χ4n) is 12.6. The van der Waals surface area contributed by atoms with E-state index < -0.39 is 32.4 Å². The highest BCUT2D eigenvalue weighted by Crippen LogP contribution is 2.54. The quantitative estimate of drug-likeness (QED) is 0.0651. The molecule has 2 atom stereocenters. The summed E-state index contributed by atoms with van der Waals surface area (Å²) in [6.45, 7) is 12.3. The number of piperidine rings is 1. The second-order valence-corrected chi connectivity index (χ2v) is 25.0. The van der Waals surface area contributed by atoms with Crippen LogP contribution in [0.2, 0.25) is 0 Å². The lowest BCUT2D eigenvalue weighted by Crippen LogP contribution is -2.98. The molecule has 410 valence electrons. The van der Waals surface area contributed by atoms with Gasteiger partial charge in [0.25, 0.3) is 21.8 Å². The molecule has 6 aliphatic rings. The first-order valence-corrected chi connectivity index (χ1v) is 29.1. The lowest BCUT2D eigenvalue weighted by atomic mass is 9.59. The number of halogens is 1. The van der Waals surface area contributed by atoms with Crippen LogP contribution in [0.3, 0.4) is 0 Å². The highest BCUT2D eigenvalue weighted by atomic mass is 32.2. The summed E-state index contributed by atoms with van der Waals surface area (Å²) in [6.07, 6.45) is 16.7. The molecule has 5 aromatic rings. The average Bonchev–Trinajstić information content (AvgIpc) is 4.10. The van der Waals surface area contributed by atoms with Crippen molar-refractivity contribution in [1.82, 2.24) is 34.3 Å². The van der Waals surface area contributed by atoms with Crippen molar-refractivity contribution in [3.05, 3.63) is 118 Å². The standard InChI is InChI=1S/C58H73FN10O7S/c1-37(2)44-8-6-7-9-45(44)51-36-66(34-39-32-62-69(35-39)40-10-11-40)24-25-68(51)42-29-58(30-42)20-22-67(23-21-58)41-12-13-46(52(26-41)76-53-28-47-48(59)14-15-49(47)63-56(53)75-5)55(70)64-77(73,74)43-27-50(65(4)72)54(61-33-43)60-31-38-16-18-57(3,71)19-17-38/h6-9,12-14,26-28,32-33,35,37-38,40,42,51,65,71H,10-11,15-25,29-31,34,36H2,1-5H3,(H,60,61)(H,64,70). The molecule has 5 heterocycles. The van der Waals surface area contributed by atoms with E-state index in [0.717, 1.165) is 89.7 Å². The van der Waals surface area contributed by atoms with E-state index in [9.17, 15) is 23.5 Å². The predicted octanol–water partition coefficient (Wildman–Crippen LogP) is 8.22. The van der Waals surface area contributed by atoms with Gasteiger partial charge in [-0.2, -0.15) is 5.10 Å². The van der Waals surface area contributed by atoms with Crippen molar-refractivity contribution < 1.29 is 37.2 Å². The molecule has 0 radical (unpaired) electrons. The van der Waals surface area contributed by atoms with Gasteiger partial charge in [-0.05, 0) is 124 Å². The summed E-state index contributed by atoms with van der Waals surface area (Å²) in [5, 5.41) is 30.8. The first-order valence-electron chi connectivity index (χ1n) is 27.6. The van der Waals surface area contributed by atoms with Gasteiger partial charge in [0.1, 0.15) is 16.5 Å². The monoisotopic (exact) mass is 1070 g/mol. The Balaban J connectivity index is 0.797. The Hall–Kier alpha value is -5.96. The molecule has 3 aromatic heterocycles. The number of allylic oxidation sites excluding steroid dienone is 1. The molecule has 4 aliphatic carbocycles. The number of piperazine rings is 1. The highest BCUT2D eigenvalue weighted by molar-refractivity contribution is 7.90. The number of methoxy groups -OCH3 is 1. The van der Waals surface area contributed by atoms with Crippen molar-refractivity contribution in [3.8, 4) is 17.4 Å². The van der Waals surface area contributed by atoms with Crippen LogP contribution in [0.5, 0.6) is 17.4 Å². The van der Waals surface area contributed by atoms with Crippen LogP contribution in [0.1, 0.15) is 141 Å². The number of hydroxylamine groups is 1. The SMILES string of the molecule is COc1nc2c(cc1Oc1cc(N3CCC4(CC3)CC(N3CCN(Cc5cnn(C6CC6)c5)CC3c3ccccc3C(C)C)C4)ccc1C(=O)NS(=O)(=O)c1cnc(NCC3CCC(C)(O)CC3)c([NH+](C)[O-])c1)C(F)=CC2. The van der Waals surface area contributed by atoms with Gasteiger partial charge in [0.05, 0.1) is 49.5 Å². The molecule has 17 nitrogen and oxygen atoms in total. The van der Waals surface area contributed by atoms with Crippen LogP contribution in [-0.2, 0) is 23.0 Å². The molecule has 4 N–H and O–H groups in total. The Kier molecular flexibility index (Phi) is 14.7. The second kappa shape index (κ2) is 21.4. The van der Waals surface area contributed by atoms with Crippen LogP contribution < -0.4 is 29.5 Å². The summed E-state index contributed by atoms with van der Waals surface area (Å²) >= 11 is 0. The van der Waals surface area contributed by atoms with E-state index in [1.165, 1.54) is 68.0 Å². The van der Waals surface area contributed by atoms with Gasteiger partial charge < -0.3 is 35.1 Å². The van der Waals surface area contributed by atoms with Crippen LogP contribution in [-0.4, -0.2) is 114 Å². The summed E-state index contributed by atoms with van der Waals surface area (Å²) in [4.78, 5) is 30.5. The Bertz CT molecular complexity index is 3130. The summed E-state index contributed by atoms with van der Waals surface area (Å²) < 4.78 is 59.4. The number of ether oxygens (including phenoxy) is 2. The number of rotatable bonds is 17. The van der Waals surface area contributed by atoms with E-state index in [0.29, 0.717) is 43.1 Å². The van der Waals surface area contributed by atoms with E-state index in [4.69, 9.17) is 14.6 Å². The number of anilines is 2. The Morgan fingerprint density at radius 2 is 1.74 bits per heavy atom. The van der Waals surface area contributed by atoms with Gasteiger partial charge in [0.15, 0.2) is 17.3 Å². The second-order valence-electron chi connectivity index (χ2n) is 23.3. The Labute approximate surface area is 451 Å². The number of benzene rings is 2. The molecule has 0 bridgehead atoms. The topological polar surface area (TPSA) is 195 Å². The first kappa shape index (κ1) is 53.1. The lowest BCUT2D eigenvalue weighted by Gasteiger charge is -2.58. The van der Waals surface area contributed by atoms with Crippen LogP contribution >= 0.6 is 0 Å². The zero-order chi connectivity index (χ0) is 53.8. The van der Waals surface area contributed by atoms with Gasteiger partial charge >= 0.3 is 0 Å². The van der Waals surface area contributed by atoms with Crippen molar-refractivity contribution in [1.29, 1.82) is 0 Å². The molecule has 5 fully saturated rings. The molecule has 2 saturated heterocycles. The molecule has 2 aliphatic heterocycles. The molecule has 3 saturated carbocycles. The number of amides is 1. The van der Waals surface area contributed by atoms with Crippen molar-refractivity contribution in [3.63, 3.8) is 0 Å². The summed E-state index contributed by atoms with van der Waals surface area (Å²) in [5.74, 6) is -0.370. The molecule has 19 heteroatoms. The molecule has 1 amide bonds. The van der Waals surface area contributed by atoms with Gasteiger partial charge in [-0.1, -0.05) is 38.1 Å². The van der Waals surface area contributed by atoms with E-state index in [1.807, 2.05) is 6.92 Å². The number of hydrogen-bond acceptors (Lipinski definition) is 14. The minimum absolute atomic E-state index is 0.0246. The van der Waals surface area contributed by atoms with E-state index in [2.05, 4.69) is 89.9 Å². The Morgan fingerprint density at radius 1 is 0.974 bits per heavy atom. The number of carbonyl (C=O) groups excluding carboxylic acids is 1. The number of fused-ring (bicyclic) bond motifs is 1. The maximum absolute atomic E-state index is 15.0. The molecule has 1 spiro atoms. The van der Waals surface area contributed by atoms with Crippen molar-refractivity contribution in [2.24, 2.45) is 11.3 Å². The average molecular weight is 1070 g/mol. The zero-order valence-electron chi connectivity index (χ0n) is 44.9. The highest BCUT2D eigenvalue weighted by Gasteiger charge is 2.50. The third-order valence-corrected chi connectivity index (χ3v) is 18.7. The van der Waals surface area contributed by atoms with E-state index in [-0.39, 0.29) is 68.7 Å². The maximum Gasteiger partial charge on any atom is 0.268 e. The number of pyridine rings is 2. The largest absolute Gasteiger partial charge is 0.629 e. The fourth-order valence-corrected chi connectivity index (χ4v) is 13.5. The molecular weight excluding hydrogens is 1000 g/mol. The minimum Gasteiger partial charge on any atom is -0.629 e. The zero-order valence-corrected chi connectivity index (χ0v) is 45.8. The summed E-state index contributed by atoms with van der Waals surface area (Å²) in [6, 6.07) is 18.1. The molecule has 2 aromatic carbocycles. The number of quaternary nitrogens is 1. The summed E-state index contributed by atoms with van der Waals surface area (Å²) in [5.41, 5.74) is 5.12. The normalized spacial score (nSPS) is 23.3. The molecular formula is C58H73FN10O7S. The van der Waals surface area contributed by atoms with Crippen LogP contribution in [0.15, 0.2) is 84.2 Å². The van der Waals surface area contributed by atoms with Crippen molar-refractivity contribution in [2.45, 2.75) is 132 Å². The number of sulfonamides is 1. The van der Waals surface area contributed by atoms with Crippen LogP contribution in [0.4, 0.5) is 21.6 Å².